The largest absolute Gasteiger partial charge is 0.479 e. The van der Waals surface area contributed by atoms with Gasteiger partial charge in [-0.25, -0.2) is 4.79 Å². The summed E-state index contributed by atoms with van der Waals surface area (Å²) < 4.78 is 10.9. The fraction of sp³-hybridized carbons (Fsp3) is 0.625. The van der Waals surface area contributed by atoms with Crippen LogP contribution in [0.15, 0.2) is 17.1 Å². The number of allylic oxidation sites excluding steroid dienone is 1. The lowest BCUT2D eigenvalue weighted by atomic mass is 10.0. The minimum Gasteiger partial charge on any atom is -0.479 e. The van der Waals surface area contributed by atoms with E-state index in [1.165, 1.54) is 0 Å². The Balaban J connectivity index is 5.28. The molecule has 0 bridgehead atoms. The average molecular weight is 450 g/mol. The molecule has 3 atom stereocenters. The van der Waals surface area contributed by atoms with E-state index in [4.69, 9.17) is 27.0 Å². The quantitative estimate of drug-likeness (QED) is 0.0495. The number of nitrogens with one attached hydrogen (secondary N) is 2. The second-order valence-corrected chi connectivity index (χ2v) is 8.57. The summed E-state index contributed by atoms with van der Waals surface area (Å²) in [5.41, 5.74) is 16.2. The van der Waals surface area contributed by atoms with E-state index in [-0.39, 0.29) is 24.8 Å². The van der Waals surface area contributed by atoms with E-state index in [2.05, 4.69) is 15.6 Å². The van der Waals surface area contributed by atoms with Gasteiger partial charge in [0.1, 0.15) is 12.1 Å². The first kappa shape index (κ1) is 27.5. The van der Waals surface area contributed by atoms with Gasteiger partial charge in [0.2, 0.25) is 11.8 Å². The summed E-state index contributed by atoms with van der Waals surface area (Å²) in [5, 5.41) is 13.9. The molecule has 0 spiro atoms. The maximum Gasteiger partial charge on any atom is 0.330 e. The molecule has 11 N–H and O–H groups in total. The van der Waals surface area contributed by atoms with Crippen molar-refractivity contribution in [3.05, 3.63) is 12.2 Å². The van der Waals surface area contributed by atoms with Crippen molar-refractivity contribution in [3.8, 4) is 0 Å². The van der Waals surface area contributed by atoms with Gasteiger partial charge in [-0.15, -0.1) is 0 Å². The SMILES string of the molecule is CC(C)[C@H](N)C(=O)N[C@H](CCCN=C(N)N)C(=O)N[C@H](/C=C\CP(=O)(O)O)C(=O)O. The minimum atomic E-state index is -4.37. The zero-order valence-corrected chi connectivity index (χ0v) is 17.8. The summed E-state index contributed by atoms with van der Waals surface area (Å²) in [4.78, 5) is 57.6. The first-order valence-corrected chi connectivity index (χ1v) is 10.9. The van der Waals surface area contributed by atoms with Gasteiger partial charge in [-0.1, -0.05) is 26.0 Å². The number of aliphatic carboxylic acids is 1. The number of nitrogens with two attached hydrogens (primary N) is 3. The van der Waals surface area contributed by atoms with Crippen LogP contribution in [0.25, 0.3) is 0 Å². The third-order valence-corrected chi connectivity index (χ3v) is 4.52. The highest BCUT2D eigenvalue weighted by Crippen LogP contribution is 2.33. The summed E-state index contributed by atoms with van der Waals surface area (Å²) in [6.45, 7) is 3.64. The van der Waals surface area contributed by atoms with E-state index in [0.29, 0.717) is 6.42 Å². The normalized spacial score (nSPS) is 14.7. The Kier molecular flexibility index (Phi) is 11.9. The molecule has 0 unspecified atom stereocenters. The third-order valence-electron chi connectivity index (χ3n) is 3.83. The van der Waals surface area contributed by atoms with Crippen LogP contribution in [0.5, 0.6) is 0 Å². The summed E-state index contributed by atoms with van der Waals surface area (Å²) in [5.74, 6) is -3.18. The van der Waals surface area contributed by atoms with E-state index in [9.17, 15) is 24.1 Å². The van der Waals surface area contributed by atoms with Gasteiger partial charge in [-0.05, 0) is 18.8 Å². The van der Waals surface area contributed by atoms with Crippen LogP contribution in [-0.4, -0.2) is 69.5 Å². The highest BCUT2D eigenvalue weighted by Gasteiger charge is 2.27. The van der Waals surface area contributed by atoms with Crippen molar-refractivity contribution >= 4 is 31.3 Å². The van der Waals surface area contributed by atoms with E-state index in [0.717, 1.165) is 12.2 Å². The standard InChI is InChI=1S/C16H31N6O7P/c1-9(2)12(17)14(24)21-10(5-3-7-20-16(18)19)13(23)22-11(15(25)26)6-4-8-30(27,28)29/h4,6,9-12H,3,5,7-8,17H2,1-2H3,(H,21,24)(H,22,23)(H,25,26)(H4,18,19,20)(H2,27,28,29)/b6-4-/t10-,11-,12+/m1/s1. The number of aliphatic imine (C=N–C) groups is 1. The van der Waals surface area contributed by atoms with Crippen LogP contribution < -0.4 is 27.8 Å². The summed E-state index contributed by atoms with van der Waals surface area (Å²) in [6, 6.07) is -3.55. The molecule has 30 heavy (non-hydrogen) atoms. The van der Waals surface area contributed by atoms with Crippen molar-refractivity contribution in [2.45, 2.75) is 44.8 Å². The minimum absolute atomic E-state index is 0.0949. The van der Waals surface area contributed by atoms with E-state index in [1.807, 2.05) is 0 Å². The van der Waals surface area contributed by atoms with Crippen LogP contribution in [0, 0.1) is 5.92 Å². The number of carboxylic acids is 1. The number of amides is 2. The van der Waals surface area contributed by atoms with Crippen LogP contribution >= 0.6 is 7.60 Å². The predicted molar refractivity (Wildman–Crippen MR) is 110 cm³/mol. The Labute approximate surface area is 174 Å². The van der Waals surface area contributed by atoms with Crippen LogP contribution in [0.1, 0.15) is 26.7 Å². The fourth-order valence-electron chi connectivity index (χ4n) is 2.12. The summed E-state index contributed by atoms with van der Waals surface area (Å²) in [6.07, 6.45) is 1.61. The molecule has 14 heteroatoms. The van der Waals surface area contributed by atoms with Crippen molar-refractivity contribution in [2.24, 2.45) is 28.1 Å². The third kappa shape index (κ3) is 12.2. The van der Waals surface area contributed by atoms with Gasteiger partial charge in [0.25, 0.3) is 0 Å². The summed E-state index contributed by atoms with van der Waals surface area (Å²) >= 11 is 0. The number of rotatable bonds is 13. The van der Waals surface area contributed by atoms with Crippen molar-refractivity contribution in [1.29, 1.82) is 0 Å². The maximum absolute atomic E-state index is 12.6. The number of hydrogen-bond acceptors (Lipinski definition) is 6. The van der Waals surface area contributed by atoms with Gasteiger partial charge in [-0.3, -0.25) is 19.1 Å². The number of nitrogens with zero attached hydrogens (tertiary/aromatic N) is 1. The molecule has 0 fully saturated rings. The Hall–Kier alpha value is -2.47. The molecule has 172 valence electrons. The van der Waals surface area contributed by atoms with Gasteiger partial charge in [-0.2, -0.15) is 0 Å². The topological polar surface area (TPSA) is 243 Å². The number of guanidine groups is 1. The van der Waals surface area contributed by atoms with Gasteiger partial charge in [0, 0.05) is 6.54 Å². The smallest absolute Gasteiger partial charge is 0.330 e. The molecule has 0 radical (unpaired) electrons. The van der Waals surface area contributed by atoms with Gasteiger partial charge in [0.15, 0.2) is 5.96 Å². The Morgan fingerprint density at radius 1 is 1.13 bits per heavy atom. The lowest BCUT2D eigenvalue weighted by Crippen LogP contribution is -2.55. The Morgan fingerprint density at radius 3 is 2.20 bits per heavy atom. The van der Waals surface area contributed by atoms with Gasteiger partial charge in [0.05, 0.1) is 12.2 Å². The molecule has 0 saturated heterocycles. The molecule has 2 amide bonds. The van der Waals surface area contributed by atoms with Crippen molar-refractivity contribution < 1.29 is 33.8 Å². The number of carboxylic acid groups (broad SMARTS) is 1. The zero-order valence-electron chi connectivity index (χ0n) is 16.9. The van der Waals surface area contributed by atoms with Crippen molar-refractivity contribution in [1.82, 2.24) is 10.6 Å². The second kappa shape index (κ2) is 13.0. The fourth-order valence-corrected chi connectivity index (χ4v) is 2.52. The highest BCUT2D eigenvalue weighted by molar-refractivity contribution is 7.51. The Morgan fingerprint density at radius 2 is 1.73 bits per heavy atom. The number of carbonyl (C=O) groups is 3. The van der Waals surface area contributed by atoms with Crippen molar-refractivity contribution in [3.63, 3.8) is 0 Å². The lowest BCUT2D eigenvalue weighted by Gasteiger charge is -2.23. The molecule has 0 rings (SSSR count). The van der Waals surface area contributed by atoms with Crippen LogP contribution in [0.3, 0.4) is 0 Å². The van der Waals surface area contributed by atoms with E-state index in [1.54, 1.807) is 13.8 Å². The van der Waals surface area contributed by atoms with Gasteiger partial charge < -0.3 is 42.7 Å². The Bertz CT molecular complexity index is 702. The zero-order chi connectivity index (χ0) is 23.5. The molecule has 0 aliphatic rings. The molecule has 0 aliphatic heterocycles. The molecule has 0 heterocycles. The number of hydrogen-bond donors (Lipinski definition) is 8. The predicted octanol–water partition coefficient (Wildman–Crippen LogP) is -2.19. The highest BCUT2D eigenvalue weighted by atomic mass is 31.2. The number of carbonyl (C=O) groups excluding carboxylic acids is 2. The van der Waals surface area contributed by atoms with Gasteiger partial charge >= 0.3 is 13.6 Å². The average Bonchev–Trinajstić information content (AvgIpc) is 2.60. The molecular formula is C16H31N6O7P. The molecule has 0 saturated carbocycles. The van der Waals surface area contributed by atoms with Crippen LogP contribution in [0.4, 0.5) is 0 Å². The summed E-state index contributed by atoms with van der Waals surface area (Å²) in [7, 11) is -4.37. The molecule has 13 nitrogen and oxygen atoms in total. The monoisotopic (exact) mass is 450 g/mol. The molecule has 0 aromatic heterocycles. The first-order chi connectivity index (χ1) is 13.7. The van der Waals surface area contributed by atoms with E-state index >= 15 is 0 Å². The van der Waals surface area contributed by atoms with E-state index < -0.39 is 49.7 Å². The molecular weight excluding hydrogens is 419 g/mol. The van der Waals surface area contributed by atoms with Crippen LogP contribution in [0.2, 0.25) is 0 Å². The first-order valence-electron chi connectivity index (χ1n) is 9.10. The van der Waals surface area contributed by atoms with Crippen LogP contribution in [-0.2, 0) is 18.9 Å². The molecule has 0 aliphatic carbocycles. The van der Waals surface area contributed by atoms with Crippen molar-refractivity contribution in [2.75, 3.05) is 12.7 Å². The lowest BCUT2D eigenvalue weighted by molar-refractivity contribution is -0.140. The molecule has 0 aromatic rings. The second-order valence-electron chi connectivity index (χ2n) is 6.88. The molecule has 0 aromatic carbocycles. The maximum atomic E-state index is 12.6.